The first-order valence-electron chi connectivity index (χ1n) is 9.76. The Hall–Kier alpha value is -2.25. The third-order valence-corrected chi connectivity index (χ3v) is 5.14. The third kappa shape index (κ3) is 4.25. The Bertz CT molecular complexity index is 760. The summed E-state index contributed by atoms with van der Waals surface area (Å²) in [5.74, 6) is -1.07. The van der Waals surface area contributed by atoms with Crippen molar-refractivity contribution in [2.75, 3.05) is 32.8 Å². The van der Waals surface area contributed by atoms with Crippen molar-refractivity contribution in [3.8, 4) is 0 Å². The molecule has 1 N–H and O–H groups in total. The molecule has 0 saturated carbocycles. The van der Waals surface area contributed by atoms with Gasteiger partial charge in [0.25, 0.3) is 11.8 Å². The van der Waals surface area contributed by atoms with Crippen molar-refractivity contribution in [1.29, 1.82) is 0 Å². The van der Waals surface area contributed by atoms with E-state index in [9.17, 15) is 19.1 Å². The Morgan fingerprint density at radius 2 is 1.93 bits per heavy atom. The maximum Gasteiger partial charge on any atom is 0.277 e. The number of rotatable bonds is 7. The van der Waals surface area contributed by atoms with Crippen LogP contribution in [0.5, 0.6) is 0 Å². The van der Waals surface area contributed by atoms with E-state index in [0.717, 1.165) is 12.8 Å². The summed E-state index contributed by atoms with van der Waals surface area (Å²) in [6.07, 6.45) is 1.73. The number of likely N-dealkylation sites (tertiary alicyclic amines) is 1. The number of hydrogen-bond donors (Lipinski definition) is 1. The number of ether oxygens (including phenoxy) is 1. The van der Waals surface area contributed by atoms with Crippen molar-refractivity contribution in [3.63, 3.8) is 0 Å². The van der Waals surface area contributed by atoms with Gasteiger partial charge in [-0.2, -0.15) is 0 Å². The van der Waals surface area contributed by atoms with Gasteiger partial charge in [0.1, 0.15) is 11.5 Å². The molecular formula is C21H27FN2O4. The van der Waals surface area contributed by atoms with Crippen molar-refractivity contribution >= 4 is 17.4 Å². The Morgan fingerprint density at radius 3 is 2.57 bits per heavy atom. The molecule has 152 valence electrons. The van der Waals surface area contributed by atoms with E-state index in [4.69, 9.17) is 4.74 Å². The van der Waals surface area contributed by atoms with Crippen molar-refractivity contribution in [3.05, 3.63) is 41.3 Å². The maximum absolute atomic E-state index is 13.4. The molecule has 2 heterocycles. The van der Waals surface area contributed by atoms with Gasteiger partial charge in [-0.15, -0.1) is 0 Å². The number of benzene rings is 1. The highest BCUT2D eigenvalue weighted by molar-refractivity contribution is 6.35. The minimum atomic E-state index is -0.400. The van der Waals surface area contributed by atoms with Gasteiger partial charge in [0.05, 0.1) is 24.8 Å². The van der Waals surface area contributed by atoms with Crippen LogP contribution in [0, 0.1) is 11.7 Å². The van der Waals surface area contributed by atoms with Crippen molar-refractivity contribution in [2.45, 2.75) is 32.8 Å². The summed E-state index contributed by atoms with van der Waals surface area (Å²) < 4.78 is 18.9. The number of aliphatic hydroxyl groups is 1. The predicted octanol–water partition coefficient (Wildman–Crippen LogP) is 2.03. The first kappa shape index (κ1) is 20.5. The van der Waals surface area contributed by atoms with E-state index in [1.54, 1.807) is 0 Å². The Morgan fingerprint density at radius 1 is 1.21 bits per heavy atom. The first-order chi connectivity index (χ1) is 13.4. The van der Waals surface area contributed by atoms with Gasteiger partial charge in [-0.05, 0) is 50.3 Å². The fourth-order valence-corrected chi connectivity index (χ4v) is 3.73. The molecule has 0 radical (unpaired) electrons. The summed E-state index contributed by atoms with van der Waals surface area (Å²) in [5, 5.41) is 9.54. The number of piperidine rings is 1. The molecule has 2 amide bonds. The monoisotopic (exact) mass is 390 g/mol. The molecule has 2 aliphatic rings. The van der Waals surface area contributed by atoms with Crippen molar-refractivity contribution in [1.82, 2.24) is 9.80 Å². The number of hydrogen-bond acceptors (Lipinski definition) is 5. The van der Waals surface area contributed by atoms with Crippen molar-refractivity contribution < 1.29 is 23.8 Å². The highest BCUT2D eigenvalue weighted by atomic mass is 19.1. The van der Waals surface area contributed by atoms with E-state index < -0.39 is 5.82 Å². The van der Waals surface area contributed by atoms with Gasteiger partial charge < -0.3 is 14.7 Å². The van der Waals surface area contributed by atoms with E-state index in [1.165, 1.54) is 29.2 Å². The van der Waals surface area contributed by atoms with Crippen LogP contribution in [0.15, 0.2) is 30.0 Å². The van der Waals surface area contributed by atoms with Gasteiger partial charge in [-0.25, -0.2) is 4.39 Å². The Kier molecular flexibility index (Phi) is 6.46. The average molecular weight is 390 g/mol. The van der Waals surface area contributed by atoms with Crippen LogP contribution in [0.1, 0.15) is 32.3 Å². The second kappa shape index (κ2) is 8.84. The lowest BCUT2D eigenvalue weighted by atomic mass is 9.97. The molecule has 0 aliphatic carbocycles. The summed E-state index contributed by atoms with van der Waals surface area (Å²) in [6.45, 7) is 5.43. The van der Waals surface area contributed by atoms with E-state index in [1.807, 2.05) is 18.7 Å². The molecule has 1 fully saturated rings. The molecule has 7 heteroatoms. The summed E-state index contributed by atoms with van der Waals surface area (Å²) in [5.41, 5.74) is 1.17. The molecule has 1 aromatic rings. The van der Waals surface area contributed by atoms with Gasteiger partial charge in [0.2, 0.25) is 0 Å². The summed E-state index contributed by atoms with van der Waals surface area (Å²) >= 11 is 0. The molecule has 28 heavy (non-hydrogen) atoms. The normalized spacial score (nSPS) is 20.7. The van der Waals surface area contributed by atoms with Gasteiger partial charge in [-0.3, -0.25) is 14.5 Å². The predicted molar refractivity (Wildman–Crippen MR) is 103 cm³/mol. The molecule has 1 unspecified atom stereocenters. The lowest BCUT2D eigenvalue weighted by molar-refractivity contribution is -0.138. The van der Waals surface area contributed by atoms with E-state index in [-0.39, 0.29) is 43.6 Å². The van der Waals surface area contributed by atoms with Crippen LogP contribution in [-0.2, 0) is 14.3 Å². The topological polar surface area (TPSA) is 70.1 Å². The quantitative estimate of drug-likeness (QED) is 0.722. The van der Waals surface area contributed by atoms with E-state index >= 15 is 0 Å². The van der Waals surface area contributed by atoms with Gasteiger partial charge in [0.15, 0.2) is 0 Å². The lowest BCUT2D eigenvalue weighted by Gasteiger charge is -2.34. The summed E-state index contributed by atoms with van der Waals surface area (Å²) in [7, 11) is 0. The molecule has 1 aromatic carbocycles. The van der Waals surface area contributed by atoms with Crippen LogP contribution in [-0.4, -0.2) is 65.7 Å². The number of carbonyl (C=O) groups excluding carboxylic acids is 2. The number of halogens is 1. The fourth-order valence-electron chi connectivity index (χ4n) is 3.73. The van der Waals surface area contributed by atoms with E-state index in [0.29, 0.717) is 29.9 Å². The molecule has 1 saturated heterocycles. The zero-order valence-electron chi connectivity index (χ0n) is 16.4. The van der Waals surface area contributed by atoms with Crippen LogP contribution in [0.3, 0.4) is 0 Å². The molecule has 3 rings (SSSR count). The SMILES string of the molecule is CC(C)OCCN1C(=O)C(c2ccc(F)cc2)=C(N2CCCC(CO)C2)C1=O. The van der Waals surface area contributed by atoms with Gasteiger partial charge in [0, 0.05) is 19.7 Å². The first-order valence-corrected chi connectivity index (χ1v) is 9.76. The number of carbonyl (C=O) groups is 2. The van der Waals surface area contributed by atoms with E-state index in [2.05, 4.69) is 0 Å². The van der Waals surface area contributed by atoms with Gasteiger partial charge >= 0.3 is 0 Å². The number of aliphatic hydroxyl groups excluding tert-OH is 1. The summed E-state index contributed by atoms with van der Waals surface area (Å²) in [6, 6.07) is 5.62. The molecule has 0 spiro atoms. The average Bonchev–Trinajstić information content (AvgIpc) is 2.93. The zero-order valence-corrected chi connectivity index (χ0v) is 16.4. The van der Waals surface area contributed by atoms with Crippen LogP contribution in [0.2, 0.25) is 0 Å². The Labute approximate surface area is 164 Å². The molecule has 1 atom stereocenters. The highest BCUT2D eigenvalue weighted by Crippen LogP contribution is 2.34. The van der Waals surface area contributed by atoms with Crippen LogP contribution in [0.25, 0.3) is 5.57 Å². The van der Waals surface area contributed by atoms with Crippen LogP contribution < -0.4 is 0 Å². The van der Waals surface area contributed by atoms with Crippen molar-refractivity contribution in [2.24, 2.45) is 5.92 Å². The molecule has 0 aromatic heterocycles. The standard InChI is InChI=1S/C21H27FN2O4/c1-14(2)28-11-10-24-20(26)18(16-5-7-17(22)8-6-16)19(21(24)27)23-9-3-4-15(12-23)13-25/h5-8,14-15,25H,3-4,9-13H2,1-2H3. The van der Waals surface area contributed by atoms with Gasteiger partial charge in [-0.1, -0.05) is 12.1 Å². The summed E-state index contributed by atoms with van der Waals surface area (Å²) in [4.78, 5) is 29.4. The third-order valence-electron chi connectivity index (χ3n) is 5.14. The lowest BCUT2D eigenvalue weighted by Crippen LogP contribution is -2.41. The molecule has 0 bridgehead atoms. The molecular weight excluding hydrogens is 363 g/mol. The number of amides is 2. The highest BCUT2D eigenvalue weighted by Gasteiger charge is 2.42. The number of imide groups is 1. The second-order valence-corrected chi connectivity index (χ2v) is 7.55. The molecule has 2 aliphatic heterocycles. The maximum atomic E-state index is 13.4. The van der Waals surface area contributed by atoms with Crippen LogP contribution >= 0.6 is 0 Å². The molecule has 6 nitrogen and oxygen atoms in total. The van der Waals surface area contributed by atoms with Crippen LogP contribution in [0.4, 0.5) is 4.39 Å². The second-order valence-electron chi connectivity index (χ2n) is 7.55. The fraction of sp³-hybridized carbons (Fsp3) is 0.524. The minimum Gasteiger partial charge on any atom is -0.396 e. The largest absolute Gasteiger partial charge is 0.396 e. The zero-order chi connectivity index (χ0) is 20.3. The number of nitrogens with zero attached hydrogens (tertiary/aromatic N) is 2. The Balaban J connectivity index is 1.94. The minimum absolute atomic E-state index is 0.00390. The smallest absolute Gasteiger partial charge is 0.277 e.